The van der Waals surface area contributed by atoms with Gasteiger partial charge in [0.2, 0.25) is 29.5 Å². The minimum Gasteiger partial charge on any atom is -0.444 e. The van der Waals surface area contributed by atoms with Crippen molar-refractivity contribution in [3.63, 3.8) is 0 Å². The lowest BCUT2D eigenvalue weighted by molar-refractivity contribution is -0.144. The summed E-state index contributed by atoms with van der Waals surface area (Å²) < 4.78 is 67.2. The Balaban J connectivity index is 0.947. The van der Waals surface area contributed by atoms with Gasteiger partial charge in [0.05, 0.1) is 31.7 Å². The Hall–Kier alpha value is -8.13. The van der Waals surface area contributed by atoms with Gasteiger partial charge in [0.15, 0.2) is 0 Å². The number of hydrogen-bond acceptors (Lipinski definition) is 14. The summed E-state index contributed by atoms with van der Waals surface area (Å²) in [4.78, 5) is 125. The third-order valence-corrected chi connectivity index (χ3v) is 17.9. The maximum absolute atomic E-state index is 15.2. The molecule has 5 aliphatic rings. The Morgan fingerprint density at radius 1 is 0.774 bits per heavy atom. The van der Waals surface area contributed by atoms with Crippen LogP contribution in [0.5, 0.6) is 0 Å². The lowest BCUT2D eigenvalue weighted by Crippen LogP contribution is -2.64. The number of rotatable bonds is 17. The van der Waals surface area contributed by atoms with E-state index in [1.54, 1.807) is 61.8 Å². The molecule has 8 amide bonds. The molecule has 3 fully saturated rings. The first-order valence-electron chi connectivity index (χ1n) is 31.7. The quantitative estimate of drug-likeness (QED) is 0.0813. The molecule has 0 aliphatic carbocycles. The highest BCUT2D eigenvalue weighted by Crippen LogP contribution is 2.43. The van der Waals surface area contributed by atoms with Crippen LogP contribution in [-0.4, -0.2) is 193 Å². The summed E-state index contributed by atoms with van der Waals surface area (Å²) in [6, 6.07) is 14.7. The fraction of sp³-hybridized carbons (Fsp3) is 0.529. The molecule has 4 N–H and O–H groups in total. The topological polar surface area (TPSA) is 241 Å². The molecule has 5 aliphatic heterocycles. The molecule has 4 aromatic carbocycles. The molecule has 7 atom stereocenters. The van der Waals surface area contributed by atoms with Crippen molar-refractivity contribution in [2.75, 3.05) is 94.8 Å². The molecular weight excluding hydrogens is 1210 g/mol. The zero-order chi connectivity index (χ0) is 67.4. The minimum atomic E-state index is -1.57. The smallest absolute Gasteiger partial charge is 0.410 e. The molecule has 5 unspecified atom stereocenters. The number of nitrogens with zero attached hydrogens (tertiary/aromatic N) is 6. The van der Waals surface area contributed by atoms with Gasteiger partial charge in [-0.25, -0.2) is 22.8 Å². The van der Waals surface area contributed by atoms with Crippen LogP contribution < -0.4 is 26.2 Å². The van der Waals surface area contributed by atoms with E-state index in [-0.39, 0.29) is 73.9 Å². The molecule has 9 rings (SSSR count). The molecule has 25 heteroatoms. The Morgan fingerprint density at radius 2 is 1.45 bits per heavy atom. The van der Waals surface area contributed by atoms with Crippen molar-refractivity contribution < 1.29 is 70.5 Å². The van der Waals surface area contributed by atoms with Crippen molar-refractivity contribution in [1.82, 2.24) is 35.1 Å². The summed E-state index contributed by atoms with van der Waals surface area (Å²) in [5, 5.41) is 10.7. The van der Waals surface area contributed by atoms with Crippen LogP contribution in [0.25, 0.3) is 0 Å². The van der Waals surface area contributed by atoms with Gasteiger partial charge in [-0.15, -0.1) is 0 Å². The van der Waals surface area contributed by atoms with E-state index >= 15 is 18.4 Å². The van der Waals surface area contributed by atoms with E-state index in [9.17, 15) is 33.2 Å². The van der Waals surface area contributed by atoms with E-state index in [4.69, 9.17) is 18.9 Å². The number of morpholine rings is 1. The number of hydrogen-bond donors (Lipinski definition) is 4. The largest absolute Gasteiger partial charge is 0.444 e. The number of amides is 8. The molecule has 3 saturated heterocycles. The Bertz CT molecular complexity index is 3450. The third-order valence-electron chi connectivity index (χ3n) is 17.9. The van der Waals surface area contributed by atoms with Crippen LogP contribution in [0.4, 0.5) is 39.8 Å². The number of nitrogens with one attached hydrogen (secondary N) is 4. The van der Waals surface area contributed by atoms with Gasteiger partial charge < -0.3 is 54.9 Å². The first-order chi connectivity index (χ1) is 43.9. The van der Waals surface area contributed by atoms with Gasteiger partial charge in [0.25, 0.3) is 5.91 Å². The number of ether oxygens (including phenoxy) is 4. The number of fused-ring (bicyclic) bond motifs is 2. The standard InChI is InChI=1S/C68H87F3N10O12/c1-40-33-78(49(35-77-25-28-91-38-41(77)2)36-79(40)65(89)93-67(7,8)9)37-56(83)81-39-68(10,51-22-17-44(30-54(51)81)29-43-15-19-47(69)20-16-43)63(87)72-32-55(82)73-48-21-18-46-34-80(59(50(46)31-48)61(85)75-58-52(70)13-12-14-53(58)71)62(86)57(45-23-26-90-27-24-45)74-60(84)42(3)76(11)64(88)92-66(4,5)6/h12-22,30-31,40-42,45,49,57,59H,23-29,32-39H2,1-11H3,(H,72,87)(H,73,82)(H,74,84)(H,75,85)/t40-,41?,42?,49+,57?,59?,68?/m1/s1. The zero-order valence-corrected chi connectivity index (χ0v) is 54.9. The summed E-state index contributed by atoms with van der Waals surface area (Å²) in [5.41, 5.74) is -0.379. The summed E-state index contributed by atoms with van der Waals surface area (Å²) in [6.07, 6.45) is -0.153. The van der Waals surface area contributed by atoms with Crippen LogP contribution in [0.15, 0.2) is 78.9 Å². The molecule has 0 aromatic heterocycles. The van der Waals surface area contributed by atoms with E-state index in [1.807, 2.05) is 39.8 Å². The lowest BCUT2D eigenvalue weighted by atomic mass is 9.83. The fourth-order valence-corrected chi connectivity index (χ4v) is 12.7. The third kappa shape index (κ3) is 16.4. The molecule has 0 spiro atoms. The maximum atomic E-state index is 15.2. The zero-order valence-electron chi connectivity index (χ0n) is 54.9. The monoisotopic (exact) mass is 1290 g/mol. The van der Waals surface area contributed by atoms with Gasteiger partial charge in [-0.2, -0.15) is 0 Å². The van der Waals surface area contributed by atoms with Crippen molar-refractivity contribution in [2.24, 2.45) is 5.92 Å². The molecule has 22 nitrogen and oxygen atoms in total. The van der Waals surface area contributed by atoms with Crippen molar-refractivity contribution in [3.8, 4) is 0 Å². The van der Waals surface area contributed by atoms with Gasteiger partial charge in [-0.3, -0.25) is 43.5 Å². The second-order valence-corrected chi connectivity index (χ2v) is 27.3. The number of carbonyl (C=O) groups is 8. The van der Waals surface area contributed by atoms with Gasteiger partial charge in [-0.05, 0) is 165 Å². The summed E-state index contributed by atoms with van der Waals surface area (Å²) in [7, 11) is 1.39. The van der Waals surface area contributed by atoms with E-state index in [2.05, 4.69) is 38.0 Å². The molecule has 0 radical (unpaired) electrons. The van der Waals surface area contributed by atoms with Crippen LogP contribution in [0.2, 0.25) is 0 Å². The number of halogens is 3. The summed E-state index contributed by atoms with van der Waals surface area (Å²) in [5.74, 6) is -7.02. The fourth-order valence-electron chi connectivity index (χ4n) is 12.7. The van der Waals surface area contributed by atoms with E-state index < -0.39 is 106 Å². The van der Waals surface area contributed by atoms with Crippen molar-refractivity contribution >= 4 is 64.7 Å². The Kier molecular flexibility index (Phi) is 21.3. The lowest BCUT2D eigenvalue weighted by Gasteiger charge is -2.47. The second-order valence-electron chi connectivity index (χ2n) is 27.3. The van der Waals surface area contributed by atoms with Crippen LogP contribution in [0.1, 0.15) is 116 Å². The van der Waals surface area contributed by atoms with Crippen LogP contribution in [0, 0.1) is 23.4 Å². The van der Waals surface area contributed by atoms with Crippen LogP contribution >= 0.6 is 0 Å². The van der Waals surface area contributed by atoms with Gasteiger partial charge in [-0.1, -0.05) is 36.4 Å². The second kappa shape index (κ2) is 28.6. The Labute approximate surface area is 541 Å². The molecule has 4 aromatic rings. The molecular formula is C68H87F3N10O12. The molecule has 5 heterocycles. The highest BCUT2D eigenvalue weighted by molar-refractivity contribution is 6.05. The minimum absolute atomic E-state index is 0.0611. The predicted octanol–water partition coefficient (Wildman–Crippen LogP) is 7.27. The number of anilines is 3. The molecule has 502 valence electrons. The Morgan fingerprint density at radius 3 is 2.12 bits per heavy atom. The normalized spacial score (nSPS) is 21.8. The maximum Gasteiger partial charge on any atom is 0.410 e. The summed E-state index contributed by atoms with van der Waals surface area (Å²) >= 11 is 0. The number of likely N-dealkylation sites (N-methyl/N-ethyl adjacent to an activating group) is 1. The SMILES string of the molecule is CC1COCCN1C[C@H]1CN(C(=O)OC(C)(C)C)[C@H](C)CN1CC(=O)N1CC(C)(C(=O)NCC(=O)Nc2ccc3c(c2)C(C(=O)Nc2c(F)cccc2F)N(C(=O)C(NC(=O)C(C)N(C)C(=O)OC(C)(C)C)C2CCOCC2)C3)c2ccc(Cc3ccc(F)cc3)cc21. The van der Waals surface area contributed by atoms with E-state index in [0.717, 1.165) is 34.2 Å². The van der Waals surface area contributed by atoms with Crippen molar-refractivity contribution in [1.29, 1.82) is 0 Å². The van der Waals surface area contributed by atoms with Gasteiger partial charge in [0.1, 0.15) is 52.5 Å². The molecule has 93 heavy (non-hydrogen) atoms. The molecule has 0 saturated carbocycles. The molecule has 0 bridgehead atoms. The highest BCUT2D eigenvalue weighted by atomic mass is 19.1. The average Bonchev–Trinajstić information content (AvgIpc) is 1.61. The van der Waals surface area contributed by atoms with E-state index in [1.165, 1.54) is 43.1 Å². The van der Waals surface area contributed by atoms with Crippen molar-refractivity contribution in [2.45, 2.75) is 148 Å². The van der Waals surface area contributed by atoms with Gasteiger partial charge in [0, 0.05) is 89.0 Å². The summed E-state index contributed by atoms with van der Waals surface area (Å²) in [6.45, 7) is 20.2. The van der Waals surface area contributed by atoms with Crippen LogP contribution in [0.3, 0.4) is 0 Å². The highest BCUT2D eigenvalue weighted by Gasteiger charge is 2.49. The van der Waals surface area contributed by atoms with Crippen molar-refractivity contribution in [3.05, 3.63) is 124 Å². The number of benzene rings is 4. The number of carbonyl (C=O) groups excluding carboxylic acids is 8. The average molecular weight is 1290 g/mol. The predicted molar refractivity (Wildman–Crippen MR) is 340 cm³/mol. The first kappa shape index (κ1) is 69.2. The number of piperazine rings is 1. The van der Waals surface area contributed by atoms with Crippen LogP contribution in [-0.2, 0) is 66.1 Å². The van der Waals surface area contributed by atoms with Gasteiger partial charge >= 0.3 is 12.2 Å². The van der Waals surface area contributed by atoms with E-state index in [0.29, 0.717) is 75.5 Å². The number of para-hydroxylation sites is 1. The first-order valence-corrected chi connectivity index (χ1v) is 31.7.